The van der Waals surface area contributed by atoms with E-state index >= 15 is 0 Å². The van der Waals surface area contributed by atoms with Crippen LogP contribution < -0.4 is 0 Å². The zero-order valence-electron chi connectivity index (χ0n) is 15.8. The van der Waals surface area contributed by atoms with E-state index in [-0.39, 0.29) is 0 Å². The molecule has 0 spiro atoms. The molecule has 30 heavy (non-hydrogen) atoms. The largest absolute Gasteiger partial charge is 0.342 e. The van der Waals surface area contributed by atoms with Crippen LogP contribution in [0.3, 0.4) is 0 Å². The van der Waals surface area contributed by atoms with Crippen molar-refractivity contribution in [3.8, 4) is 22.6 Å². The van der Waals surface area contributed by atoms with Crippen molar-refractivity contribution in [3.05, 3.63) is 106 Å². The van der Waals surface area contributed by atoms with Gasteiger partial charge in [0.15, 0.2) is 0 Å². The zero-order chi connectivity index (χ0) is 20.7. The van der Waals surface area contributed by atoms with Crippen LogP contribution in [0.1, 0.15) is 5.56 Å². The Morgan fingerprint density at radius 2 is 1.60 bits per heavy atom. The van der Waals surface area contributed by atoms with Crippen molar-refractivity contribution in [2.24, 2.45) is 0 Å². The molecule has 2 aromatic carbocycles. The SMILES string of the molecule is Clc1ccc(-c2nc3ccccn3c2-c2cccn2Cc2ccc(Cl)c(Cl)c2)cc1. The minimum absolute atomic E-state index is 0.555. The summed E-state index contributed by atoms with van der Waals surface area (Å²) in [5, 5.41) is 1.81. The molecule has 0 saturated heterocycles. The normalized spacial score (nSPS) is 11.3. The minimum atomic E-state index is 0.555. The van der Waals surface area contributed by atoms with Crippen molar-refractivity contribution in [2.75, 3.05) is 0 Å². The minimum Gasteiger partial charge on any atom is -0.342 e. The molecule has 6 heteroatoms. The number of halogens is 3. The lowest BCUT2D eigenvalue weighted by molar-refractivity contribution is 0.810. The molecule has 0 radical (unpaired) electrons. The van der Waals surface area contributed by atoms with E-state index in [0.29, 0.717) is 21.6 Å². The topological polar surface area (TPSA) is 22.2 Å². The highest BCUT2D eigenvalue weighted by molar-refractivity contribution is 6.42. The molecule has 0 N–H and O–H groups in total. The van der Waals surface area contributed by atoms with Crippen molar-refractivity contribution >= 4 is 40.4 Å². The van der Waals surface area contributed by atoms with Crippen molar-refractivity contribution in [1.29, 1.82) is 0 Å². The Kier molecular flexibility index (Phi) is 5.03. The Morgan fingerprint density at radius 1 is 0.767 bits per heavy atom. The number of aromatic nitrogens is 3. The second-order valence-electron chi connectivity index (χ2n) is 7.01. The molecule has 5 rings (SSSR count). The summed E-state index contributed by atoms with van der Waals surface area (Å²) in [6.45, 7) is 0.666. The monoisotopic (exact) mass is 451 g/mol. The first-order chi connectivity index (χ1) is 14.6. The predicted molar refractivity (Wildman–Crippen MR) is 125 cm³/mol. The first kappa shape index (κ1) is 19.3. The molecular formula is C24H16Cl3N3. The Balaban J connectivity index is 1.67. The van der Waals surface area contributed by atoms with Gasteiger partial charge in [-0.2, -0.15) is 0 Å². The van der Waals surface area contributed by atoms with Crippen LogP contribution in [0, 0.1) is 0 Å². The van der Waals surface area contributed by atoms with E-state index in [1.807, 2.05) is 72.9 Å². The van der Waals surface area contributed by atoms with Crippen molar-refractivity contribution < 1.29 is 0 Å². The Labute approximate surface area is 189 Å². The van der Waals surface area contributed by atoms with Crippen LogP contribution in [0.2, 0.25) is 15.1 Å². The van der Waals surface area contributed by atoms with E-state index in [9.17, 15) is 0 Å². The maximum atomic E-state index is 6.22. The van der Waals surface area contributed by atoms with Crippen LogP contribution in [0.4, 0.5) is 0 Å². The molecule has 0 unspecified atom stereocenters. The molecule has 0 atom stereocenters. The maximum Gasteiger partial charge on any atom is 0.137 e. The number of hydrogen-bond acceptors (Lipinski definition) is 1. The molecule has 3 heterocycles. The molecule has 0 aliphatic rings. The number of benzene rings is 2. The average Bonchev–Trinajstić information content (AvgIpc) is 3.35. The van der Waals surface area contributed by atoms with Gasteiger partial charge in [0, 0.05) is 29.5 Å². The summed E-state index contributed by atoms with van der Waals surface area (Å²) in [4.78, 5) is 4.91. The fourth-order valence-corrected chi connectivity index (χ4v) is 4.10. The molecule has 3 nitrogen and oxygen atoms in total. The molecule has 5 aromatic rings. The Hall–Kier alpha value is -2.72. The molecule has 0 aliphatic carbocycles. The third-order valence-electron chi connectivity index (χ3n) is 5.06. The highest BCUT2D eigenvalue weighted by Crippen LogP contribution is 2.34. The lowest BCUT2D eigenvalue weighted by Gasteiger charge is -2.12. The number of rotatable bonds is 4. The standard InChI is InChI=1S/C24H16Cl3N3/c25-18-9-7-17(8-10-18)23-24(30-13-2-1-5-22(30)28-23)21-4-3-12-29(21)15-16-6-11-19(26)20(27)14-16/h1-14H,15H2. The van der Waals surface area contributed by atoms with Gasteiger partial charge < -0.3 is 4.57 Å². The van der Waals surface area contributed by atoms with E-state index in [1.54, 1.807) is 0 Å². The Morgan fingerprint density at radius 3 is 2.40 bits per heavy atom. The molecular weight excluding hydrogens is 437 g/mol. The zero-order valence-corrected chi connectivity index (χ0v) is 18.0. The highest BCUT2D eigenvalue weighted by atomic mass is 35.5. The van der Waals surface area contributed by atoms with Gasteiger partial charge in [0.2, 0.25) is 0 Å². The summed E-state index contributed by atoms with van der Waals surface area (Å²) in [7, 11) is 0. The van der Waals surface area contributed by atoms with E-state index in [2.05, 4.69) is 21.2 Å². The fourth-order valence-electron chi connectivity index (χ4n) is 3.65. The molecule has 0 fully saturated rings. The van der Waals surface area contributed by atoms with Gasteiger partial charge in [-0.05, 0) is 54.1 Å². The lowest BCUT2D eigenvalue weighted by atomic mass is 10.1. The Bertz CT molecular complexity index is 1350. The van der Waals surface area contributed by atoms with Gasteiger partial charge in [-0.3, -0.25) is 4.40 Å². The lowest BCUT2D eigenvalue weighted by Crippen LogP contribution is -2.02. The first-order valence-electron chi connectivity index (χ1n) is 9.42. The first-order valence-corrected chi connectivity index (χ1v) is 10.6. The molecule has 148 valence electrons. The molecule has 0 amide bonds. The van der Waals surface area contributed by atoms with Crippen LogP contribution in [-0.2, 0) is 6.54 Å². The van der Waals surface area contributed by atoms with Crippen LogP contribution in [-0.4, -0.2) is 14.0 Å². The smallest absolute Gasteiger partial charge is 0.137 e. The number of imidazole rings is 1. The summed E-state index contributed by atoms with van der Waals surface area (Å²) in [6, 6.07) is 23.7. The number of pyridine rings is 1. The van der Waals surface area contributed by atoms with E-state index in [1.165, 1.54) is 0 Å². The quantitative estimate of drug-likeness (QED) is 0.277. The second-order valence-corrected chi connectivity index (χ2v) is 8.27. The van der Waals surface area contributed by atoms with Gasteiger partial charge in [-0.1, -0.05) is 59.1 Å². The van der Waals surface area contributed by atoms with Gasteiger partial charge in [0.25, 0.3) is 0 Å². The van der Waals surface area contributed by atoms with Crippen LogP contribution in [0.15, 0.2) is 85.2 Å². The third kappa shape index (κ3) is 3.50. The predicted octanol–water partition coefficient (Wildman–Crippen LogP) is 7.48. The maximum absolute atomic E-state index is 6.22. The molecule has 0 saturated carbocycles. The summed E-state index contributed by atoms with van der Waals surface area (Å²) in [6.07, 6.45) is 4.10. The van der Waals surface area contributed by atoms with Crippen molar-refractivity contribution in [1.82, 2.24) is 14.0 Å². The molecule has 0 bridgehead atoms. The average molecular weight is 453 g/mol. The van der Waals surface area contributed by atoms with Crippen LogP contribution in [0.25, 0.3) is 28.3 Å². The van der Waals surface area contributed by atoms with E-state index < -0.39 is 0 Å². The van der Waals surface area contributed by atoms with Crippen molar-refractivity contribution in [2.45, 2.75) is 6.54 Å². The van der Waals surface area contributed by atoms with Gasteiger partial charge in [0.1, 0.15) is 5.65 Å². The van der Waals surface area contributed by atoms with Crippen LogP contribution >= 0.6 is 34.8 Å². The second kappa shape index (κ2) is 7.84. The van der Waals surface area contributed by atoms with E-state index in [0.717, 1.165) is 33.9 Å². The number of nitrogens with zero attached hydrogens (tertiary/aromatic N) is 3. The van der Waals surface area contributed by atoms with Gasteiger partial charge in [0.05, 0.1) is 27.1 Å². The van der Waals surface area contributed by atoms with Gasteiger partial charge >= 0.3 is 0 Å². The van der Waals surface area contributed by atoms with E-state index in [4.69, 9.17) is 39.8 Å². The fraction of sp³-hybridized carbons (Fsp3) is 0.0417. The third-order valence-corrected chi connectivity index (χ3v) is 6.05. The number of fused-ring (bicyclic) bond motifs is 1. The van der Waals surface area contributed by atoms with Crippen LogP contribution in [0.5, 0.6) is 0 Å². The summed E-state index contributed by atoms with van der Waals surface area (Å²) < 4.78 is 4.31. The number of hydrogen-bond donors (Lipinski definition) is 0. The molecule has 3 aromatic heterocycles. The summed E-state index contributed by atoms with van der Waals surface area (Å²) >= 11 is 18.4. The highest BCUT2D eigenvalue weighted by Gasteiger charge is 2.18. The van der Waals surface area contributed by atoms with Crippen molar-refractivity contribution in [3.63, 3.8) is 0 Å². The summed E-state index contributed by atoms with van der Waals surface area (Å²) in [5.41, 5.74) is 5.97. The van der Waals surface area contributed by atoms with Gasteiger partial charge in [-0.25, -0.2) is 4.98 Å². The van der Waals surface area contributed by atoms with Gasteiger partial charge in [-0.15, -0.1) is 0 Å². The summed E-state index contributed by atoms with van der Waals surface area (Å²) in [5.74, 6) is 0. The molecule has 0 aliphatic heterocycles.